The monoisotopic (exact) mass is 420 g/mol. The molecule has 0 spiro atoms. The number of ether oxygens (including phenoxy) is 1. The highest BCUT2D eigenvalue weighted by molar-refractivity contribution is 6.61. The molecule has 2 aromatic carbocycles. The molecule has 9 heteroatoms. The summed E-state index contributed by atoms with van der Waals surface area (Å²) in [6.07, 6.45) is 4.51. The van der Waals surface area contributed by atoms with Gasteiger partial charge in [-0.05, 0) is 54.9 Å². The van der Waals surface area contributed by atoms with E-state index in [0.29, 0.717) is 23.7 Å². The summed E-state index contributed by atoms with van der Waals surface area (Å²) in [6.45, 7) is 0.313. The number of hydrogen-bond donors (Lipinski definition) is 4. The minimum atomic E-state index is -0.989. The van der Waals surface area contributed by atoms with Crippen LogP contribution in [0.3, 0.4) is 0 Å². The summed E-state index contributed by atoms with van der Waals surface area (Å²) in [4.78, 5) is 9.10. The van der Waals surface area contributed by atoms with Crippen molar-refractivity contribution >= 4 is 35.1 Å². The second kappa shape index (κ2) is 8.43. The standard InChI is InChI=1S/C22H25BN4O4/c24-11-20-17-9-4-14(10-18(17)23(29)31-20)26-22-25-12-13-2-1-3-19(21(13)27-22)30-16-7-5-15(28)6-8-16/h1-4,9-10,12,15-16,20,28-29H,5-8,11,24H2,(H,25,26,27)/t15-,16+,20?. The minimum absolute atomic E-state index is 0.0778. The van der Waals surface area contributed by atoms with E-state index < -0.39 is 7.12 Å². The van der Waals surface area contributed by atoms with Crippen LogP contribution in [0, 0.1) is 0 Å². The average Bonchev–Trinajstić information content (AvgIpc) is 3.11. The third-order valence-corrected chi connectivity index (χ3v) is 5.97. The van der Waals surface area contributed by atoms with Crippen molar-refractivity contribution in [3.05, 3.63) is 48.2 Å². The minimum Gasteiger partial charge on any atom is -0.488 e. The van der Waals surface area contributed by atoms with Crippen LogP contribution in [-0.2, 0) is 4.65 Å². The number of aliphatic hydroxyl groups is 1. The van der Waals surface area contributed by atoms with E-state index in [2.05, 4.69) is 15.3 Å². The lowest BCUT2D eigenvalue weighted by Crippen LogP contribution is -2.28. The Morgan fingerprint density at radius 2 is 2.03 bits per heavy atom. The van der Waals surface area contributed by atoms with Crippen molar-refractivity contribution < 1.29 is 19.5 Å². The van der Waals surface area contributed by atoms with E-state index in [9.17, 15) is 10.1 Å². The molecule has 5 rings (SSSR count). The lowest BCUT2D eigenvalue weighted by molar-refractivity contribution is 0.0672. The second-order valence-corrected chi connectivity index (χ2v) is 8.12. The van der Waals surface area contributed by atoms with E-state index in [1.807, 2.05) is 36.4 Å². The van der Waals surface area contributed by atoms with E-state index in [1.54, 1.807) is 6.20 Å². The van der Waals surface area contributed by atoms with Crippen LogP contribution in [0.2, 0.25) is 0 Å². The van der Waals surface area contributed by atoms with Gasteiger partial charge in [0.2, 0.25) is 5.95 Å². The van der Waals surface area contributed by atoms with Crippen molar-refractivity contribution in [2.75, 3.05) is 11.9 Å². The molecule has 160 valence electrons. The smallest absolute Gasteiger partial charge is 0.488 e. The van der Waals surface area contributed by atoms with Gasteiger partial charge in [-0.25, -0.2) is 9.97 Å². The lowest BCUT2D eigenvalue weighted by atomic mass is 9.79. The van der Waals surface area contributed by atoms with Crippen molar-refractivity contribution in [1.82, 2.24) is 9.97 Å². The van der Waals surface area contributed by atoms with Crippen LogP contribution in [0.15, 0.2) is 42.6 Å². The Balaban J connectivity index is 1.39. The highest BCUT2D eigenvalue weighted by Crippen LogP contribution is 2.30. The molecule has 1 atom stereocenters. The molecular weight excluding hydrogens is 395 g/mol. The molecule has 1 unspecified atom stereocenters. The number of nitrogens with two attached hydrogens (primary N) is 1. The Labute approximate surface area is 180 Å². The summed E-state index contributed by atoms with van der Waals surface area (Å²) in [7, 11) is -0.989. The third-order valence-electron chi connectivity index (χ3n) is 5.97. The first kappa shape index (κ1) is 20.2. The predicted molar refractivity (Wildman–Crippen MR) is 119 cm³/mol. The fourth-order valence-electron chi connectivity index (χ4n) is 4.30. The van der Waals surface area contributed by atoms with Gasteiger partial charge in [0.05, 0.1) is 18.3 Å². The van der Waals surface area contributed by atoms with Crippen LogP contribution in [-0.4, -0.2) is 46.0 Å². The molecule has 0 bridgehead atoms. The van der Waals surface area contributed by atoms with Gasteiger partial charge < -0.3 is 30.6 Å². The number of fused-ring (bicyclic) bond motifs is 2. The number of aromatic nitrogens is 2. The molecule has 1 aliphatic carbocycles. The van der Waals surface area contributed by atoms with E-state index in [-0.39, 0.29) is 18.3 Å². The number of anilines is 2. The number of nitrogens with zero attached hydrogens (tertiary/aromatic N) is 2. The first-order chi connectivity index (χ1) is 15.1. The molecule has 5 N–H and O–H groups in total. The first-order valence-electron chi connectivity index (χ1n) is 10.7. The Morgan fingerprint density at radius 3 is 2.84 bits per heavy atom. The normalized spacial score (nSPS) is 23.1. The number of rotatable bonds is 5. The zero-order valence-corrected chi connectivity index (χ0v) is 17.1. The highest BCUT2D eigenvalue weighted by Gasteiger charge is 2.34. The fraction of sp³-hybridized carbons (Fsp3) is 0.364. The van der Waals surface area contributed by atoms with Crippen molar-refractivity contribution in [1.29, 1.82) is 0 Å². The van der Waals surface area contributed by atoms with Gasteiger partial charge in [-0.1, -0.05) is 18.2 Å². The summed E-state index contributed by atoms with van der Waals surface area (Å²) in [6, 6.07) is 11.4. The van der Waals surface area contributed by atoms with Crippen molar-refractivity contribution in [3.63, 3.8) is 0 Å². The number of aliphatic hydroxyl groups excluding tert-OH is 1. The Kier molecular flexibility index (Phi) is 5.49. The van der Waals surface area contributed by atoms with E-state index in [4.69, 9.17) is 15.1 Å². The molecule has 1 aliphatic heterocycles. The molecule has 0 amide bonds. The Hall–Kier alpha value is -2.72. The largest absolute Gasteiger partial charge is 0.492 e. The van der Waals surface area contributed by atoms with Gasteiger partial charge >= 0.3 is 7.12 Å². The van der Waals surface area contributed by atoms with Crippen molar-refractivity contribution in [2.24, 2.45) is 5.73 Å². The summed E-state index contributed by atoms with van der Waals surface area (Å²) in [5.41, 5.74) is 8.80. The van der Waals surface area contributed by atoms with Crippen LogP contribution in [0.5, 0.6) is 5.75 Å². The van der Waals surface area contributed by atoms with Crippen LogP contribution in [0.4, 0.5) is 11.6 Å². The SMILES string of the molecule is NCC1OB(O)c2cc(Nc3ncc4cccc(O[C@H]5CC[C@@H](O)CC5)c4n3)ccc21. The van der Waals surface area contributed by atoms with Crippen molar-refractivity contribution in [2.45, 2.75) is 44.0 Å². The Morgan fingerprint density at radius 1 is 1.19 bits per heavy atom. The quantitative estimate of drug-likeness (QED) is 0.461. The maximum Gasteiger partial charge on any atom is 0.492 e. The van der Waals surface area contributed by atoms with Crippen molar-refractivity contribution in [3.8, 4) is 5.75 Å². The van der Waals surface area contributed by atoms with Gasteiger partial charge in [0.25, 0.3) is 0 Å². The highest BCUT2D eigenvalue weighted by atomic mass is 16.5. The molecule has 3 aromatic rings. The molecule has 1 aromatic heterocycles. The van der Waals surface area contributed by atoms with Crippen LogP contribution in [0.25, 0.3) is 10.9 Å². The average molecular weight is 420 g/mol. The van der Waals surface area contributed by atoms with Crippen LogP contribution < -0.4 is 21.3 Å². The lowest BCUT2D eigenvalue weighted by Gasteiger charge is -2.26. The van der Waals surface area contributed by atoms with Crippen LogP contribution >= 0.6 is 0 Å². The zero-order chi connectivity index (χ0) is 21.4. The van der Waals surface area contributed by atoms with Gasteiger partial charge in [0.1, 0.15) is 11.3 Å². The molecule has 0 radical (unpaired) electrons. The summed E-state index contributed by atoms with van der Waals surface area (Å²) >= 11 is 0. The number of nitrogens with one attached hydrogen (secondary N) is 1. The molecule has 31 heavy (non-hydrogen) atoms. The molecule has 2 aliphatic rings. The van der Waals surface area contributed by atoms with Gasteiger partial charge in [0.15, 0.2) is 0 Å². The fourth-order valence-corrected chi connectivity index (χ4v) is 4.30. The molecule has 1 fully saturated rings. The maximum atomic E-state index is 10.2. The number of para-hydroxylation sites is 1. The maximum absolute atomic E-state index is 10.2. The zero-order valence-electron chi connectivity index (χ0n) is 17.1. The summed E-state index contributed by atoms with van der Waals surface area (Å²) in [5.74, 6) is 1.15. The topological polar surface area (TPSA) is 123 Å². The van der Waals surface area contributed by atoms with E-state index in [1.165, 1.54) is 0 Å². The van der Waals surface area contributed by atoms with Crippen LogP contribution in [0.1, 0.15) is 37.4 Å². The van der Waals surface area contributed by atoms with Gasteiger partial charge in [-0.2, -0.15) is 0 Å². The molecule has 2 heterocycles. The summed E-state index contributed by atoms with van der Waals surface area (Å²) < 4.78 is 11.7. The first-order valence-corrected chi connectivity index (χ1v) is 10.7. The molecule has 0 saturated heterocycles. The Bertz CT molecular complexity index is 1090. The number of hydrogen-bond acceptors (Lipinski definition) is 8. The van der Waals surface area contributed by atoms with E-state index >= 15 is 0 Å². The molecule has 1 saturated carbocycles. The summed E-state index contributed by atoms with van der Waals surface area (Å²) in [5, 5.41) is 24.0. The van der Waals surface area contributed by atoms with Gasteiger partial charge in [0, 0.05) is 23.8 Å². The van der Waals surface area contributed by atoms with Gasteiger partial charge in [-0.3, -0.25) is 0 Å². The third kappa shape index (κ3) is 4.09. The second-order valence-electron chi connectivity index (χ2n) is 8.12. The number of benzene rings is 2. The predicted octanol–water partition coefficient (Wildman–Crippen LogP) is 1.77. The van der Waals surface area contributed by atoms with E-state index in [0.717, 1.165) is 47.8 Å². The van der Waals surface area contributed by atoms with Gasteiger partial charge in [-0.15, -0.1) is 0 Å². The molecule has 8 nitrogen and oxygen atoms in total. The molecular formula is C22H25BN4O4.